The number of imidazole rings is 1. The first-order valence-electron chi connectivity index (χ1n) is 3.49. The van der Waals surface area contributed by atoms with Crippen LogP contribution in [0.4, 0.5) is 0 Å². The zero-order valence-corrected chi connectivity index (χ0v) is 9.07. The average Bonchev–Trinajstić information content (AvgIpc) is 2.26. The first-order chi connectivity index (χ1) is 5.24. The van der Waals surface area contributed by atoms with Crippen LogP contribution in [0.25, 0.3) is 0 Å². The molecule has 0 aliphatic heterocycles. The molecule has 0 radical (unpaired) electrons. The van der Waals surface area contributed by atoms with E-state index >= 15 is 0 Å². The van der Waals surface area contributed by atoms with Gasteiger partial charge in [-0.15, -0.1) is 0 Å². The van der Waals surface area contributed by atoms with E-state index in [4.69, 9.17) is 0 Å². The van der Waals surface area contributed by atoms with Gasteiger partial charge in [-0.3, -0.25) is 0 Å². The maximum atomic E-state index is 4.31. The third-order valence-corrected chi connectivity index (χ3v) is 2.63. The van der Waals surface area contributed by atoms with E-state index in [0.29, 0.717) is 0 Å². The van der Waals surface area contributed by atoms with Crippen LogP contribution >= 0.6 is 27.7 Å². The fourth-order valence-electron chi connectivity index (χ4n) is 0.793. The Labute approximate surface area is 79.5 Å². The number of nitrogens with zero attached hydrogens (tertiary/aromatic N) is 2. The summed E-state index contributed by atoms with van der Waals surface area (Å²) in [5.74, 6) is 3.27. The third-order valence-electron chi connectivity index (χ3n) is 1.38. The summed E-state index contributed by atoms with van der Waals surface area (Å²) in [5, 5.41) is 0. The Hall–Kier alpha value is 0.0400. The molecule has 1 heterocycles. The normalized spacial score (nSPS) is 10.5. The van der Waals surface area contributed by atoms with Gasteiger partial charge in [0.25, 0.3) is 0 Å². The minimum Gasteiger partial charge on any atom is -0.336 e. The molecule has 62 valence electrons. The Morgan fingerprint density at radius 2 is 2.45 bits per heavy atom. The Kier molecular flexibility index (Phi) is 3.45. The largest absolute Gasteiger partial charge is 0.336 e. The molecule has 0 bridgehead atoms. The van der Waals surface area contributed by atoms with E-state index < -0.39 is 0 Å². The molecule has 1 rings (SSSR count). The van der Waals surface area contributed by atoms with Crippen LogP contribution in [0.2, 0.25) is 0 Å². The molecule has 0 unspecified atom stereocenters. The van der Waals surface area contributed by atoms with Crippen molar-refractivity contribution < 1.29 is 0 Å². The molecule has 0 atom stereocenters. The summed E-state index contributed by atoms with van der Waals surface area (Å²) >= 11 is 5.22. The summed E-state index contributed by atoms with van der Waals surface area (Å²) in [4.78, 5) is 4.31. The van der Waals surface area contributed by atoms with Crippen molar-refractivity contribution in [3.63, 3.8) is 0 Å². The molecule has 0 aliphatic carbocycles. The number of thioether (sulfide) groups is 1. The molecule has 0 spiro atoms. The first-order valence-corrected chi connectivity index (χ1v) is 5.44. The molecule has 0 fully saturated rings. The lowest BCUT2D eigenvalue weighted by atomic mass is 10.7. The van der Waals surface area contributed by atoms with Gasteiger partial charge in [0.05, 0.1) is 5.75 Å². The predicted octanol–water partition coefficient (Wildman–Crippen LogP) is 2.44. The highest BCUT2D eigenvalue weighted by molar-refractivity contribution is 9.10. The van der Waals surface area contributed by atoms with E-state index in [9.17, 15) is 0 Å². The van der Waals surface area contributed by atoms with Crippen molar-refractivity contribution in [3.05, 3.63) is 16.6 Å². The maximum absolute atomic E-state index is 4.31. The van der Waals surface area contributed by atoms with Crippen molar-refractivity contribution in [3.8, 4) is 0 Å². The highest BCUT2D eigenvalue weighted by Crippen LogP contribution is 2.13. The van der Waals surface area contributed by atoms with Gasteiger partial charge in [0.1, 0.15) is 10.4 Å². The lowest BCUT2D eigenvalue weighted by molar-refractivity contribution is 0.849. The van der Waals surface area contributed by atoms with E-state index in [1.807, 2.05) is 29.6 Å². The van der Waals surface area contributed by atoms with Gasteiger partial charge in [0.2, 0.25) is 0 Å². The predicted molar refractivity (Wildman–Crippen MR) is 52.7 cm³/mol. The summed E-state index contributed by atoms with van der Waals surface area (Å²) in [7, 11) is 2.02. The first kappa shape index (κ1) is 9.13. The molecule has 1 aromatic heterocycles. The monoisotopic (exact) mass is 234 g/mol. The molecule has 0 saturated carbocycles. The van der Waals surface area contributed by atoms with Gasteiger partial charge >= 0.3 is 0 Å². The Morgan fingerprint density at radius 1 is 1.73 bits per heavy atom. The number of aryl methyl sites for hydroxylation is 1. The SMILES string of the molecule is CCSCc1nc(Br)cn1C. The Morgan fingerprint density at radius 3 is 2.91 bits per heavy atom. The van der Waals surface area contributed by atoms with Crippen LogP contribution in [0.1, 0.15) is 12.7 Å². The molecular formula is C7H11BrN2S. The summed E-state index contributed by atoms with van der Waals surface area (Å²) in [6.07, 6.45) is 1.98. The fourth-order valence-corrected chi connectivity index (χ4v) is 1.96. The van der Waals surface area contributed by atoms with Crippen molar-refractivity contribution in [2.45, 2.75) is 12.7 Å². The topological polar surface area (TPSA) is 17.8 Å². The Balaban J connectivity index is 2.62. The number of rotatable bonds is 3. The van der Waals surface area contributed by atoms with Crippen molar-refractivity contribution >= 4 is 27.7 Å². The second-order valence-corrected chi connectivity index (χ2v) is 4.31. The van der Waals surface area contributed by atoms with Gasteiger partial charge < -0.3 is 4.57 Å². The number of hydrogen-bond donors (Lipinski definition) is 0. The molecule has 0 aliphatic rings. The summed E-state index contributed by atoms with van der Waals surface area (Å²) in [6, 6.07) is 0. The minimum absolute atomic E-state index is 0.923. The van der Waals surface area contributed by atoms with Crippen molar-refractivity contribution in [1.29, 1.82) is 0 Å². The van der Waals surface area contributed by atoms with Crippen LogP contribution < -0.4 is 0 Å². The van der Waals surface area contributed by atoms with E-state index in [0.717, 1.165) is 21.9 Å². The molecular weight excluding hydrogens is 224 g/mol. The van der Waals surface area contributed by atoms with E-state index in [-0.39, 0.29) is 0 Å². The van der Waals surface area contributed by atoms with Crippen LogP contribution in [0.5, 0.6) is 0 Å². The lowest BCUT2D eigenvalue weighted by Crippen LogP contribution is -1.94. The standard InChI is InChI=1S/C7H11BrN2S/c1-3-11-5-7-9-6(8)4-10(7)2/h4H,3,5H2,1-2H3. The third kappa shape index (κ3) is 2.52. The van der Waals surface area contributed by atoms with Crippen LogP contribution in [-0.2, 0) is 12.8 Å². The van der Waals surface area contributed by atoms with Gasteiger partial charge in [0, 0.05) is 13.2 Å². The van der Waals surface area contributed by atoms with E-state index in [1.165, 1.54) is 0 Å². The number of halogens is 1. The van der Waals surface area contributed by atoms with E-state index in [2.05, 4.69) is 27.8 Å². The summed E-state index contributed by atoms with van der Waals surface area (Å²) in [5.41, 5.74) is 0. The van der Waals surface area contributed by atoms with Crippen molar-refractivity contribution in [1.82, 2.24) is 9.55 Å². The van der Waals surface area contributed by atoms with Crippen molar-refractivity contribution in [2.24, 2.45) is 7.05 Å². The van der Waals surface area contributed by atoms with Gasteiger partial charge in [-0.25, -0.2) is 4.98 Å². The zero-order valence-electron chi connectivity index (χ0n) is 6.67. The molecule has 11 heavy (non-hydrogen) atoms. The van der Waals surface area contributed by atoms with Crippen LogP contribution in [-0.4, -0.2) is 15.3 Å². The second kappa shape index (κ2) is 4.16. The molecule has 4 heteroatoms. The Bertz CT molecular complexity index is 234. The zero-order chi connectivity index (χ0) is 8.27. The molecule has 1 aromatic rings. The fraction of sp³-hybridized carbons (Fsp3) is 0.571. The summed E-state index contributed by atoms with van der Waals surface area (Å²) in [6.45, 7) is 2.16. The van der Waals surface area contributed by atoms with E-state index in [1.54, 1.807) is 0 Å². The van der Waals surface area contributed by atoms with Gasteiger partial charge in [-0.2, -0.15) is 11.8 Å². The van der Waals surface area contributed by atoms with Gasteiger partial charge in [0.15, 0.2) is 0 Å². The van der Waals surface area contributed by atoms with Crippen LogP contribution in [0.15, 0.2) is 10.8 Å². The number of aromatic nitrogens is 2. The quantitative estimate of drug-likeness (QED) is 0.800. The molecule has 0 aromatic carbocycles. The van der Waals surface area contributed by atoms with Gasteiger partial charge in [-0.05, 0) is 21.7 Å². The van der Waals surface area contributed by atoms with Crippen LogP contribution in [0, 0.1) is 0 Å². The molecule has 2 nitrogen and oxygen atoms in total. The smallest absolute Gasteiger partial charge is 0.124 e. The van der Waals surface area contributed by atoms with Crippen LogP contribution in [0.3, 0.4) is 0 Å². The van der Waals surface area contributed by atoms with Gasteiger partial charge in [-0.1, -0.05) is 6.92 Å². The van der Waals surface area contributed by atoms with Crippen molar-refractivity contribution in [2.75, 3.05) is 5.75 Å². The minimum atomic E-state index is 0.923. The second-order valence-electron chi connectivity index (χ2n) is 2.23. The average molecular weight is 235 g/mol. The highest BCUT2D eigenvalue weighted by Gasteiger charge is 2.01. The molecule has 0 amide bonds. The highest BCUT2D eigenvalue weighted by atomic mass is 79.9. The maximum Gasteiger partial charge on any atom is 0.124 e. The molecule has 0 N–H and O–H groups in total. The number of hydrogen-bond acceptors (Lipinski definition) is 2. The molecule has 0 saturated heterocycles. The lowest BCUT2D eigenvalue weighted by Gasteiger charge is -1.97. The summed E-state index contributed by atoms with van der Waals surface area (Å²) < 4.78 is 2.97.